The normalized spacial score (nSPS) is 10.4. The number of carbonyl (C=O) groups is 1. The van der Waals surface area contributed by atoms with Crippen molar-refractivity contribution in [3.05, 3.63) is 72.6 Å². The van der Waals surface area contributed by atoms with Gasteiger partial charge >= 0.3 is 0 Å². The van der Waals surface area contributed by atoms with Crippen molar-refractivity contribution in [2.24, 2.45) is 0 Å². The zero-order valence-corrected chi connectivity index (χ0v) is 17.5. The number of nitrogens with one attached hydrogen (secondary N) is 3. The Balaban J connectivity index is 1.54. The van der Waals surface area contributed by atoms with Crippen LogP contribution in [0, 0.1) is 0 Å². The van der Waals surface area contributed by atoms with Gasteiger partial charge in [-0.2, -0.15) is 0 Å². The standard InChI is InChI=1S/C23H22N6O3/c1-31-15-10-11-19(32-2)18(12-15)27-21-20(24)22(26-13-25-21)28-29-23(30)17-9-5-7-14-6-3-4-8-16(14)17/h3-13H,24H2,1-2H3,(H,29,30)(H2,25,26,27,28). The number of carbonyl (C=O) groups excluding carboxylic acids is 1. The lowest BCUT2D eigenvalue weighted by Gasteiger charge is -2.15. The Morgan fingerprint density at radius 3 is 2.53 bits per heavy atom. The molecule has 0 fully saturated rings. The van der Waals surface area contributed by atoms with E-state index in [-0.39, 0.29) is 17.4 Å². The summed E-state index contributed by atoms with van der Waals surface area (Å²) in [5.74, 6) is 1.50. The molecule has 0 atom stereocenters. The first-order valence-electron chi connectivity index (χ1n) is 9.74. The molecule has 9 nitrogen and oxygen atoms in total. The second kappa shape index (κ2) is 9.09. The summed E-state index contributed by atoms with van der Waals surface area (Å²) in [5.41, 5.74) is 13.0. The van der Waals surface area contributed by atoms with Crippen LogP contribution in [0.3, 0.4) is 0 Å². The summed E-state index contributed by atoms with van der Waals surface area (Å²) in [6.07, 6.45) is 1.33. The first-order chi connectivity index (χ1) is 15.6. The van der Waals surface area contributed by atoms with Crippen molar-refractivity contribution in [2.75, 3.05) is 30.7 Å². The molecule has 1 amide bonds. The molecule has 0 radical (unpaired) electrons. The highest BCUT2D eigenvalue weighted by molar-refractivity contribution is 6.07. The summed E-state index contributed by atoms with van der Waals surface area (Å²) in [6.45, 7) is 0. The van der Waals surface area contributed by atoms with Gasteiger partial charge in [-0.15, -0.1) is 0 Å². The molecule has 32 heavy (non-hydrogen) atoms. The maximum absolute atomic E-state index is 12.8. The Bertz CT molecular complexity index is 1270. The van der Waals surface area contributed by atoms with Crippen molar-refractivity contribution >= 4 is 39.7 Å². The van der Waals surface area contributed by atoms with Gasteiger partial charge in [-0.25, -0.2) is 9.97 Å². The highest BCUT2D eigenvalue weighted by Crippen LogP contribution is 2.33. The van der Waals surface area contributed by atoms with E-state index in [1.807, 2.05) is 36.4 Å². The lowest BCUT2D eigenvalue weighted by atomic mass is 10.0. The molecule has 1 aromatic heterocycles. The van der Waals surface area contributed by atoms with E-state index >= 15 is 0 Å². The Morgan fingerprint density at radius 2 is 1.72 bits per heavy atom. The number of aromatic nitrogens is 2. The van der Waals surface area contributed by atoms with Gasteiger partial charge < -0.3 is 20.5 Å². The maximum Gasteiger partial charge on any atom is 0.270 e. The molecular weight excluding hydrogens is 408 g/mol. The number of hydrogen-bond donors (Lipinski definition) is 4. The number of nitrogen functional groups attached to an aromatic ring is 1. The first kappa shape index (κ1) is 20.7. The van der Waals surface area contributed by atoms with Crippen LogP contribution >= 0.6 is 0 Å². The molecule has 0 aliphatic carbocycles. The van der Waals surface area contributed by atoms with Crippen molar-refractivity contribution in [3.63, 3.8) is 0 Å². The van der Waals surface area contributed by atoms with E-state index in [0.29, 0.717) is 28.6 Å². The van der Waals surface area contributed by atoms with Gasteiger partial charge in [0.2, 0.25) is 0 Å². The number of fused-ring (bicyclic) bond motifs is 1. The van der Waals surface area contributed by atoms with E-state index in [2.05, 4.69) is 26.1 Å². The molecular formula is C23H22N6O3. The summed E-state index contributed by atoms with van der Waals surface area (Å²) in [7, 11) is 3.14. The molecule has 0 aliphatic heterocycles. The Morgan fingerprint density at radius 1 is 0.938 bits per heavy atom. The maximum atomic E-state index is 12.8. The molecule has 0 saturated carbocycles. The molecule has 0 spiro atoms. The molecule has 162 valence electrons. The third kappa shape index (κ3) is 4.17. The summed E-state index contributed by atoms with van der Waals surface area (Å²) >= 11 is 0. The van der Waals surface area contributed by atoms with Crippen molar-refractivity contribution < 1.29 is 14.3 Å². The third-order valence-electron chi connectivity index (χ3n) is 4.87. The number of methoxy groups -OCH3 is 2. The van der Waals surface area contributed by atoms with Crippen LogP contribution in [-0.2, 0) is 0 Å². The van der Waals surface area contributed by atoms with Gasteiger partial charge in [0.25, 0.3) is 5.91 Å². The third-order valence-corrected chi connectivity index (χ3v) is 4.87. The number of nitrogens with two attached hydrogens (primary N) is 1. The minimum atomic E-state index is -0.316. The minimum absolute atomic E-state index is 0.218. The van der Waals surface area contributed by atoms with Crippen molar-refractivity contribution in [2.45, 2.75) is 0 Å². The fourth-order valence-corrected chi connectivity index (χ4v) is 3.24. The van der Waals surface area contributed by atoms with E-state index in [4.69, 9.17) is 15.2 Å². The largest absolute Gasteiger partial charge is 0.497 e. The van der Waals surface area contributed by atoms with Crippen molar-refractivity contribution in [1.82, 2.24) is 15.4 Å². The first-order valence-corrected chi connectivity index (χ1v) is 9.74. The van der Waals surface area contributed by atoms with Gasteiger partial charge in [0.15, 0.2) is 11.6 Å². The van der Waals surface area contributed by atoms with Crippen LogP contribution in [0.2, 0.25) is 0 Å². The average molecular weight is 430 g/mol. The second-order valence-electron chi connectivity index (χ2n) is 6.78. The SMILES string of the molecule is COc1ccc(OC)c(Nc2ncnc(NNC(=O)c3cccc4ccccc34)c2N)c1. The molecule has 5 N–H and O–H groups in total. The van der Waals surface area contributed by atoms with Crippen LogP contribution in [0.15, 0.2) is 67.0 Å². The van der Waals surface area contributed by atoms with Crippen molar-refractivity contribution in [3.8, 4) is 11.5 Å². The van der Waals surface area contributed by atoms with Gasteiger partial charge in [-0.05, 0) is 29.0 Å². The Kier molecular flexibility index (Phi) is 5.89. The summed E-state index contributed by atoms with van der Waals surface area (Å²) < 4.78 is 10.6. The number of anilines is 4. The predicted octanol–water partition coefficient (Wildman–Crippen LogP) is 3.73. The summed E-state index contributed by atoms with van der Waals surface area (Å²) in [4.78, 5) is 21.1. The lowest BCUT2D eigenvalue weighted by Crippen LogP contribution is -2.30. The number of amides is 1. The van der Waals surface area contributed by atoms with Gasteiger partial charge in [0.05, 0.1) is 19.9 Å². The van der Waals surface area contributed by atoms with E-state index in [1.54, 1.807) is 38.5 Å². The van der Waals surface area contributed by atoms with E-state index in [9.17, 15) is 4.79 Å². The number of benzene rings is 3. The van der Waals surface area contributed by atoms with Crippen LogP contribution in [0.25, 0.3) is 10.8 Å². The Labute approximate surface area is 184 Å². The highest BCUT2D eigenvalue weighted by atomic mass is 16.5. The quantitative estimate of drug-likeness (QED) is 0.327. The van der Waals surface area contributed by atoms with E-state index in [0.717, 1.165) is 10.8 Å². The van der Waals surface area contributed by atoms with Gasteiger partial charge in [-0.1, -0.05) is 36.4 Å². The van der Waals surface area contributed by atoms with Gasteiger partial charge in [-0.3, -0.25) is 15.6 Å². The second-order valence-corrected chi connectivity index (χ2v) is 6.78. The van der Waals surface area contributed by atoms with Gasteiger partial charge in [0, 0.05) is 11.6 Å². The molecule has 4 aromatic rings. The molecule has 0 bridgehead atoms. The summed E-state index contributed by atoms with van der Waals surface area (Å²) in [5, 5.41) is 4.93. The monoisotopic (exact) mass is 430 g/mol. The highest BCUT2D eigenvalue weighted by Gasteiger charge is 2.14. The minimum Gasteiger partial charge on any atom is -0.497 e. The topological polar surface area (TPSA) is 123 Å². The zero-order chi connectivity index (χ0) is 22.5. The smallest absolute Gasteiger partial charge is 0.270 e. The van der Waals surface area contributed by atoms with Crippen LogP contribution in [0.4, 0.5) is 23.0 Å². The predicted molar refractivity (Wildman–Crippen MR) is 124 cm³/mol. The number of rotatable bonds is 7. The van der Waals surface area contributed by atoms with Crippen molar-refractivity contribution in [1.29, 1.82) is 0 Å². The van der Waals surface area contributed by atoms with Crippen LogP contribution in [0.1, 0.15) is 10.4 Å². The summed E-state index contributed by atoms with van der Waals surface area (Å²) in [6, 6.07) is 18.5. The molecule has 0 unspecified atom stereocenters. The average Bonchev–Trinajstić information content (AvgIpc) is 2.84. The molecule has 9 heteroatoms. The lowest BCUT2D eigenvalue weighted by molar-refractivity contribution is 0.0964. The van der Waals surface area contributed by atoms with Crippen LogP contribution < -0.4 is 31.4 Å². The fraction of sp³-hybridized carbons (Fsp3) is 0.0870. The number of hydrazine groups is 1. The molecule has 4 rings (SSSR count). The molecule has 1 heterocycles. The van der Waals surface area contributed by atoms with Crippen LogP contribution in [-0.4, -0.2) is 30.1 Å². The molecule has 0 saturated heterocycles. The molecule has 0 aliphatic rings. The Hall–Kier alpha value is -4.53. The van der Waals surface area contributed by atoms with Gasteiger partial charge in [0.1, 0.15) is 23.5 Å². The van der Waals surface area contributed by atoms with Crippen LogP contribution in [0.5, 0.6) is 11.5 Å². The number of hydrogen-bond acceptors (Lipinski definition) is 8. The number of nitrogens with zero attached hydrogens (tertiary/aromatic N) is 2. The van der Waals surface area contributed by atoms with E-state index < -0.39 is 0 Å². The molecule has 3 aromatic carbocycles. The zero-order valence-electron chi connectivity index (χ0n) is 17.5. The van der Waals surface area contributed by atoms with E-state index in [1.165, 1.54) is 6.33 Å². The fourth-order valence-electron chi connectivity index (χ4n) is 3.24. The number of ether oxygens (including phenoxy) is 2.